The largest absolute Gasteiger partial charge is 0.326 e. The van der Waals surface area contributed by atoms with E-state index in [-0.39, 0.29) is 5.70 Å². The molecule has 25 heavy (non-hydrogen) atoms. The fourth-order valence-electron chi connectivity index (χ4n) is 3.17. The standard InChI is InChI=1S/C19H16N4O2/c1-11-8-14(10-17-18(24)22-19(25)21-17)12(2)23(11)15-5-6-16-13(9-15)4-3-7-20-16/h3-10H,1-2H3,(H2,21,22,24,25)/b17-10+. The van der Waals surface area contributed by atoms with Crippen LogP contribution in [0.4, 0.5) is 4.79 Å². The fraction of sp³-hybridized carbons (Fsp3) is 0.105. The topological polar surface area (TPSA) is 76.0 Å². The summed E-state index contributed by atoms with van der Waals surface area (Å²) in [5.74, 6) is -0.411. The zero-order valence-electron chi connectivity index (χ0n) is 13.8. The van der Waals surface area contributed by atoms with Crippen molar-refractivity contribution in [2.75, 3.05) is 0 Å². The van der Waals surface area contributed by atoms with Crippen LogP contribution in [0.1, 0.15) is 17.0 Å². The number of aromatic nitrogens is 2. The first-order chi connectivity index (χ1) is 12.0. The van der Waals surface area contributed by atoms with Crippen molar-refractivity contribution in [2.45, 2.75) is 13.8 Å². The number of pyridine rings is 1. The number of nitrogens with zero attached hydrogens (tertiary/aromatic N) is 2. The van der Waals surface area contributed by atoms with Crippen LogP contribution < -0.4 is 10.6 Å². The van der Waals surface area contributed by atoms with E-state index in [9.17, 15) is 9.59 Å². The lowest BCUT2D eigenvalue weighted by molar-refractivity contribution is -0.115. The second kappa shape index (κ2) is 5.59. The van der Waals surface area contributed by atoms with Crippen LogP contribution in [0.5, 0.6) is 0 Å². The molecule has 2 N–H and O–H groups in total. The van der Waals surface area contributed by atoms with E-state index < -0.39 is 11.9 Å². The summed E-state index contributed by atoms with van der Waals surface area (Å²) in [6.45, 7) is 4.00. The number of amides is 3. The molecule has 2 aromatic heterocycles. The monoisotopic (exact) mass is 332 g/mol. The lowest BCUT2D eigenvalue weighted by Crippen LogP contribution is -2.22. The third-order valence-electron chi connectivity index (χ3n) is 4.33. The van der Waals surface area contributed by atoms with Gasteiger partial charge in [0.05, 0.1) is 5.52 Å². The van der Waals surface area contributed by atoms with Crippen LogP contribution in [0, 0.1) is 13.8 Å². The predicted molar refractivity (Wildman–Crippen MR) is 95.2 cm³/mol. The SMILES string of the molecule is Cc1cc(/C=C2/NC(=O)NC2=O)c(C)n1-c1ccc2ncccc2c1. The summed E-state index contributed by atoms with van der Waals surface area (Å²) in [4.78, 5) is 27.3. The zero-order valence-corrected chi connectivity index (χ0v) is 13.8. The predicted octanol–water partition coefficient (Wildman–Crippen LogP) is 2.82. The smallest absolute Gasteiger partial charge is 0.318 e. The Hall–Kier alpha value is -3.41. The summed E-state index contributed by atoms with van der Waals surface area (Å²) in [6, 6.07) is 11.5. The number of hydrogen-bond donors (Lipinski definition) is 2. The maximum Gasteiger partial charge on any atom is 0.326 e. The molecule has 6 nitrogen and oxygen atoms in total. The van der Waals surface area contributed by atoms with Gasteiger partial charge in [-0.25, -0.2) is 4.79 Å². The van der Waals surface area contributed by atoms with E-state index in [0.29, 0.717) is 0 Å². The van der Waals surface area contributed by atoms with Gasteiger partial charge in [0.2, 0.25) is 0 Å². The molecule has 3 aromatic rings. The number of carbonyl (C=O) groups is 2. The Morgan fingerprint density at radius 2 is 1.92 bits per heavy atom. The Kier molecular flexibility index (Phi) is 3.39. The molecule has 1 aliphatic rings. The van der Waals surface area contributed by atoms with E-state index in [4.69, 9.17) is 0 Å². The maximum atomic E-state index is 11.7. The maximum absolute atomic E-state index is 11.7. The average molecular weight is 332 g/mol. The molecule has 1 fully saturated rings. The van der Waals surface area contributed by atoms with Gasteiger partial charge in [0.15, 0.2) is 0 Å². The third-order valence-corrected chi connectivity index (χ3v) is 4.33. The van der Waals surface area contributed by atoms with Crippen molar-refractivity contribution in [1.82, 2.24) is 20.2 Å². The van der Waals surface area contributed by atoms with Gasteiger partial charge in [-0.1, -0.05) is 6.07 Å². The molecule has 1 aliphatic heterocycles. The van der Waals surface area contributed by atoms with Gasteiger partial charge in [-0.15, -0.1) is 0 Å². The molecule has 0 atom stereocenters. The van der Waals surface area contributed by atoms with Gasteiger partial charge < -0.3 is 9.88 Å². The second-order valence-electron chi connectivity index (χ2n) is 6.01. The molecule has 1 saturated heterocycles. The van der Waals surface area contributed by atoms with E-state index in [1.54, 1.807) is 12.3 Å². The molecule has 0 saturated carbocycles. The van der Waals surface area contributed by atoms with E-state index in [1.165, 1.54) is 0 Å². The number of fused-ring (bicyclic) bond motifs is 1. The quantitative estimate of drug-likeness (QED) is 0.560. The highest BCUT2D eigenvalue weighted by Crippen LogP contribution is 2.25. The highest BCUT2D eigenvalue weighted by molar-refractivity contribution is 6.14. The van der Waals surface area contributed by atoms with Crippen LogP contribution in [0.3, 0.4) is 0 Å². The first-order valence-corrected chi connectivity index (χ1v) is 7.91. The summed E-state index contributed by atoms with van der Waals surface area (Å²) in [5, 5.41) is 5.79. The number of urea groups is 1. The minimum absolute atomic E-state index is 0.257. The highest BCUT2D eigenvalue weighted by atomic mass is 16.2. The molecule has 0 bridgehead atoms. The first kappa shape index (κ1) is 15.1. The molecule has 0 unspecified atom stereocenters. The van der Waals surface area contributed by atoms with E-state index in [0.717, 1.165) is 33.5 Å². The number of imide groups is 1. The molecule has 6 heteroatoms. The lowest BCUT2D eigenvalue weighted by Gasteiger charge is -2.10. The molecule has 0 spiro atoms. The normalized spacial score (nSPS) is 15.7. The highest BCUT2D eigenvalue weighted by Gasteiger charge is 2.23. The third kappa shape index (κ3) is 2.57. The molecule has 4 rings (SSSR count). The van der Waals surface area contributed by atoms with Crippen LogP contribution >= 0.6 is 0 Å². The van der Waals surface area contributed by atoms with Crippen LogP contribution in [-0.2, 0) is 4.79 Å². The Morgan fingerprint density at radius 3 is 2.68 bits per heavy atom. The summed E-state index contributed by atoms with van der Waals surface area (Å²) in [7, 11) is 0. The van der Waals surface area contributed by atoms with Crippen molar-refractivity contribution in [3.8, 4) is 5.69 Å². The second-order valence-corrected chi connectivity index (χ2v) is 6.01. The summed E-state index contributed by atoms with van der Waals surface area (Å²) in [5.41, 5.74) is 5.14. The number of hydrogen-bond acceptors (Lipinski definition) is 3. The average Bonchev–Trinajstić information content (AvgIpc) is 3.05. The summed E-state index contributed by atoms with van der Waals surface area (Å²) >= 11 is 0. The van der Waals surface area contributed by atoms with Crippen LogP contribution in [0.15, 0.2) is 48.3 Å². The molecule has 3 amide bonds. The van der Waals surface area contributed by atoms with Crippen molar-refractivity contribution in [2.24, 2.45) is 0 Å². The number of benzene rings is 1. The van der Waals surface area contributed by atoms with Crippen molar-refractivity contribution in [1.29, 1.82) is 0 Å². The van der Waals surface area contributed by atoms with Crippen molar-refractivity contribution >= 4 is 28.9 Å². The summed E-state index contributed by atoms with van der Waals surface area (Å²) in [6.07, 6.45) is 3.47. The van der Waals surface area contributed by atoms with E-state index in [1.807, 2.05) is 44.2 Å². The van der Waals surface area contributed by atoms with Gasteiger partial charge in [-0.2, -0.15) is 0 Å². The van der Waals surface area contributed by atoms with Crippen LogP contribution in [-0.4, -0.2) is 21.5 Å². The number of rotatable bonds is 2. The lowest BCUT2D eigenvalue weighted by atomic mass is 10.2. The molecule has 0 radical (unpaired) electrons. The fourth-order valence-corrected chi connectivity index (χ4v) is 3.17. The molecule has 3 heterocycles. The van der Waals surface area contributed by atoms with Gasteiger partial charge in [0.1, 0.15) is 5.70 Å². The molecular formula is C19H16N4O2. The first-order valence-electron chi connectivity index (χ1n) is 7.91. The van der Waals surface area contributed by atoms with Crippen molar-refractivity contribution in [3.63, 3.8) is 0 Å². The minimum Gasteiger partial charge on any atom is -0.318 e. The van der Waals surface area contributed by atoms with Gasteiger partial charge in [-0.05, 0) is 55.8 Å². The van der Waals surface area contributed by atoms with Gasteiger partial charge in [0, 0.05) is 28.7 Å². The van der Waals surface area contributed by atoms with Crippen LogP contribution in [0.25, 0.3) is 22.7 Å². The molecular weight excluding hydrogens is 316 g/mol. The molecule has 0 aliphatic carbocycles. The number of nitrogens with one attached hydrogen (secondary N) is 2. The Labute approximate surface area is 144 Å². The van der Waals surface area contributed by atoms with Gasteiger partial charge in [-0.3, -0.25) is 15.1 Å². The van der Waals surface area contributed by atoms with Crippen LogP contribution in [0.2, 0.25) is 0 Å². The Bertz CT molecular complexity index is 1060. The number of carbonyl (C=O) groups excluding carboxylic acids is 2. The Balaban J connectivity index is 1.80. The summed E-state index contributed by atoms with van der Waals surface area (Å²) < 4.78 is 2.12. The van der Waals surface area contributed by atoms with Crippen molar-refractivity contribution in [3.05, 3.63) is 65.2 Å². The van der Waals surface area contributed by atoms with E-state index in [2.05, 4.69) is 26.3 Å². The zero-order chi connectivity index (χ0) is 17.6. The van der Waals surface area contributed by atoms with Gasteiger partial charge in [0.25, 0.3) is 5.91 Å². The number of aryl methyl sites for hydroxylation is 1. The molecule has 124 valence electrons. The molecule has 1 aromatic carbocycles. The van der Waals surface area contributed by atoms with Crippen molar-refractivity contribution < 1.29 is 9.59 Å². The van der Waals surface area contributed by atoms with E-state index >= 15 is 0 Å². The Morgan fingerprint density at radius 1 is 1.08 bits per heavy atom. The minimum atomic E-state index is -0.493. The van der Waals surface area contributed by atoms with Gasteiger partial charge >= 0.3 is 6.03 Å².